The van der Waals surface area contributed by atoms with Crippen LogP contribution in [0, 0.1) is 0 Å². The van der Waals surface area contributed by atoms with Crippen LogP contribution in [0.15, 0.2) is 6.07 Å². The predicted molar refractivity (Wildman–Crippen MR) is 44.5 cm³/mol. The largest absolute Gasteiger partial charge is 0.483 e. The zero-order valence-corrected chi connectivity index (χ0v) is 6.89. The Labute approximate surface area is 77.6 Å². The lowest BCUT2D eigenvalue weighted by Gasteiger charge is -1.99. The van der Waals surface area contributed by atoms with E-state index in [0.29, 0.717) is 0 Å². The van der Waals surface area contributed by atoms with Crippen LogP contribution in [0.25, 0.3) is 0 Å². The number of hydrogen-bond donors (Lipinski definition) is 3. The van der Waals surface area contributed by atoms with Gasteiger partial charge in [0, 0.05) is 6.07 Å². The lowest BCUT2D eigenvalue weighted by atomic mass is 10.5. The Bertz CT molecular complexity index is 288. The van der Waals surface area contributed by atoms with E-state index in [9.17, 15) is 8.78 Å². The van der Waals surface area contributed by atoms with E-state index in [1.807, 2.05) is 0 Å². The van der Waals surface area contributed by atoms with E-state index < -0.39 is 12.2 Å². The van der Waals surface area contributed by atoms with Crippen LogP contribution in [0.4, 0.5) is 20.4 Å². The van der Waals surface area contributed by atoms with Gasteiger partial charge in [-0.3, -0.25) is 4.79 Å². The first-order chi connectivity index (χ1) is 6.51. The Morgan fingerprint density at radius 1 is 1.36 bits per heavy atom. The van der Waals surface area contributed by atoms with Gasteiger partial charge in [0.05, 0.1) is 0 Å². The predicted octanol–water partition coefficient (Wildman–Crippen LogP) is 0.279. The van der Waals surface area contributed by atoms with Crippen molar-refractivity contribution in [3.8, 4) is 0 Å². The third-order valence-electron chi connectivity index (χ3n) is 0.978. The van der Waals surface area contributed by atoms with Crippen molar-refractivity contribution in [2.24, 2.45) is 0 Å². The number of nitrogens with zero attached hydrogens (tertiary/aromatic N) is 2. The van der Waals surface area contributed by atoms with Gasteiger partial charge >= 0.3 is 0 Å². The molecule has 1 aromatic rings. The van der Waals surface area contributed by atoms with E-state index >= 15 is 0 Å². The van der Waals surface area contributed by atoms with Crippen molar-refractivity contribution < 1.29 is 18.7 Å². The van der Waals surface area contributed by atoms with E-state index in [-0.39, 0.29) is 18.1 Å². The smallest absolute Gasteiger partial charge is 0.297 e. The topological polar surface area (TPSA) is 115 Å². The number of anilines is 2. The Balaban J connectivity index is 0.000000500. The molecular weight excluding hydrogens is 198 g/mol. The van der Waals surface area contributed by atoms with Gasteiger partial charge in [0.15, 0.2) is 5.82 Å². The Hall–Kier alpha value is -1.99. The first-order valence-electron chi connectivity index (χ1n) is 3.27. The summed E-state index contributed by atoms with van der Waals surface area (Å²) < 4.78 is 23.8. The fourth-order valence-corrected chi connectivity index (χ4v) is 0.603. The molecule has 5 N–H and O–H groups in total. The number of nitrogens with two attached hydrogens (primary N) is 2. The van der Waals surface area contributed by atoms with Crippen LogP contribution in [-0.2, 0) is 4.79 Å². The van der Waals surface area contributed by atoms with Crippen LogP contribution in [0.1, 0.15) is 12.2 Å². The van der Waals surface area contributed by atoms with Crippen molar-refractivity contribution in [3.63, 3.8) is 0 Å². The summed E-state index contributed by atoms with van der Waals surface area (Å²) >= 11 is 0. The molecule has 6 nitrogen and oxygen atoms in total. The monoisotopic (exact) mass is 206 g/mol. The third kappa shape index (κ3) is 4.14. The van der Waals surface area contributed by atoms with E-state index in [0.717, 1.165) is 0 Å². The number of carboxylic acid groups (broad SMARTS) is 1. The van der Waals surface area contributed by atoms with Gasteiger partial charge in [0.25, 0.3) is 12.9 Å². The zero-order valence-electron chi connectivity index (χ0n) is 6.89. The summed E-state index contributed by atoms with van der Waals surface area (Å²) in [7, 11) is 0. The molecule has 0 unspecified atom stereocenters. The Morgan fingerprint density at radius 2 is 1.71 bits per heavy atom. The summed E-state index contributed by atoms with van der Waals surface area (Å²) in [6.07, 6.45) is -2.74. The molecule has 0 amide bonds. The first-order valence-corrected chi connectivity index (χ1v) is 3.27. The molecule has 0 bridgehead atoms. The molecule has 0 saturated carbocycles. The van der Waals surface area contributed by atoms with Crippen molar-refractivity contribution >= 4 is 18.1 Å². The minimum absolute atomic E-state index is 0.0483. The van der Waals surface area contributed by atoms with E-state index in [4.69, 9.17) is 21.4 Å². The molecule has 1 rings (SSSR count). The Morgan fingerprint density at radius 3 is 2.00 bits per heavy atom. The Kier molecular flexibility index (Phi) is 4.82. The first kappa shape index (κ1) is 12.0. The fourth-order valence-electron chi connectivity index (χ4n) is 0.603. The van der Waals surface area contributed by atoms with Crippen LogP contribution >= 0.6 is 0 Å². The SMILES string of the molecule is Nc1cc(N)nc(C(F)F)n1.O=CO. The van der Waals surface area contributed by atoms with Gasteiger partial charge in [-0.2, -0.15) is 0 Å². The van der Waals surface area contributed by atoms with Crippen molar-refractivity contribution in [2.45, 2.75) is 6.43 Å². The molecule has 0 saturated heterocycles. The van der Waals surface area contributed by atoms with Crippen LogP contribution in [0.5, 0.6) is 0 Å². The minimum Gasteiger partial charge on any atom is -0.483 e. The van der Waals surface area contributed by atoms with Crippen molar-refractivity contribution in [3.05, 3.63) is 11.9 Å². The molecule has 0 radical (unpaired) electrons. The van der Waals surface area contributed by atoms with Gasteiger partial charge in [0.1, 0.15) is 11.6 Å². The number of aromatic nitrogens is 2. The number of hydrogen-bond acceptors (Lipinski definition) is 5. The van der Waals surface area contributed by atoms with Crippen molar-refractivity contribution in [1.29, 1.82) is 0 Å². The van der Waals surface area contributed by atoms with Gasteiger partial charge in [-0.1, -0.05) is 0 Å². The molecule has 8 heteroatoms. The van der Waals surface area contributed by atoms with Gasteiger partial charge in [0.2, 0.25) is 0 Å². The maximum atomic E-state index is 11.9. The maximum Gasteiger partial charge on any atom is 0.297 e. The molecular formula is C6H8F2N4O2. The van der Waals surface area contributed by atoms with Gasteiger partial charge in [-0.15, -0.1) is 0 Å². The molecule has 0 spiro atoms. The minimum atomic E-state index is -2.74. The highest BCUT2D eigenvalue weighted by atomic mass is 19.3. The normalized spacial score (nSPS) is 9.07. The molecule has 0 aliphatic carbocycles. The van der Waals surface area contributed by atoms with Crippen LogP contribution in [0.2, 0.25) is 0 Å². The van der Waals surface area contributed by atoms with Gasteiger partial charge < -0.3 is 16.6 Å². The highest BCUT2D eigenvalue weighted by Gasteiger charge is 2.11. The van der Waals surface area contributed by atoms with Gasteiger partial charge in [-0.05, 0) is 0 Å². The average molecular weight is 206 g/mol. The number of carbonyl (C=O) groups is 1. The molecule has 1 heterocycles. The summed E-state index contributed by atoms with van der Waals surface area (Å²) in [5.41, 5.74) is 10.3. The van der Waals surface area contributed by atoms with Gasteiger partial charge in [-0.25, -0.2) is 18.7 Å². The summed E-state index contributed by atoms with van der Waals surface area (Å²) in [6.45, 7) is -0.250. The average Bonchev–Trinajstić information content (AvgIpc) is 2.03. The highest BCUT2D eigenvalue weighted by molar-refractivity contribution is 5.40. The van der Waals surface area contributed by atoms with Crippen LogP contribution in [-0.4, -0.2) is 21.5 Å². The summed E-state index contributed by atoms with van der Waals surface area (Å²) in [4.78, 5) is 14.9. The second kappa shape index (κ2) is 5.62. The lowest BCUT2D eigenvalue weighted by Crippen LogP contribution is -2.03. The maximum absolute atomic E-state index is 11.9. The quantitative estimate of drug-likeness (QED) is 0.568. The summed E-state index contributed by atoms with van der Waals surface area (Å²) in [5.74, 6) is -0.733. The number of rotatable bonds is 1. The molecule has 0 fully saturated rings. The third-order valence-corrected chi connectivity index (χ3v) is 0.978. The standard InChI is InChI=1S/C5H6F2N4.CH2O2/c6-4(7)5-10-2(8)1-3(9)11-5;2-1-3/h1,4H,(H4,8,9,10,11);1H,(H,2,3). The molecule has 0 aliphatic heterocycles. The number of nitrogen functional groups attached to an aromatic ring is 2. The number of halogens is 2. The lowest BCUT2D eigenvalue weighted by molar-refractivity contribution is -0.122. The summed E-state index contributed by atoms with van der Waals surface area (Å²) in [5, 5.41) is 6.89. The van der Waals surface area contributed by atoms with Crippen molar-refractivity contribution in [1.82, 2.24) is 9.97 Å². The molecule has 14 heavy (non-hydrogen) atoms. The molecule has 0 aromatic carbocycles. The van der Waals surface area contributed by atoms with E-state index in [1.165, 1.54) is 6.07 Å². The van der Waals surface area contributed by atoms with E-state index in [2.05, 4.69) is 9.97 Å². The molecule has 1 aromatic heterocycles. The second-order valence-corrected chi connectivity index (χ2v) is 1.98. The van der Waals surface area contributed by atoms with E-state index in [1.54, 1.807) is 0 Å². The summed E-state index contributed by atoms with van der Waals surface area (Å²) in [6, 6.07) is 1.21. The number of alkyl halides is 2. The second-order valence-electron chi connectivity index (χ2n) is 1.98. The molecule has 0 aliphatic rings. The molecule has 78 valence electrons. The fraction of sp³-hybridized carbons (Fsp3) is 0.167. The zero-order chi connectivity index (χ0) is 11.1. The van der Waals surface area contributed by atoms with Crippen LogP contribution < -0.4 is 11.5 Å². The van der Waals surface area contributed by atoms with Crippen LogP contribution in [0.3, 0.4) is 0 Å². The van der Waals surface area contributed by atoms with Crippen molar-refractivity contribution in [2.75, 3.05) is 11.5 Å². The molecule has 0 atom stereocenters. The highest BCUT2D eigenvalue weighted by Crippen LogP contribution is 2.16.